The molecule has 0 aliphatic heterocycles. The molecule has 0 aromatic heterocycles. The molecule has 8 N–H and O–H groups in total. The number of carbonyl (C=O) groups excluding carboxylic acids is 2. The van der Waals surface area contributed by atoms with Crippen molar-refractivity contribution in [1.82, 2.24) is 0 Å². The Balaban J connectivity index is 2.67. The smallest absolute Gasteiger partial charge is 0.462 e. The fraction of sp³-hybridized carbons (Fsp3) is 0.689. The summed E-state index contributed by atoms with van der Waals surface area (Å²) < 4.78 is 49.2. The Kier molecular flexibility index (Phi) is 33.9. The average Bonchev–Trinajstić information content (AvgIpc) is 3.25. The van der Waals surface area contributed by atoms with Gasteiger partial charge in [0.15, 0.2) is 6.10 Å². The van der Waals surface area contributed by atoms with Gasteiger partial charge in [-0.15, -0.1) is 0 Å². The molecular weight excluding hydrogens is 874 g/mol. The lowest BCUT2D eigenvalue weighted by atomic mass is 9.85. The highest BCUT2D eigenvalue weighted by atomic mass is 31.2. The summed E-state index contributed by atoms with van der Waals surface area (Å²) in [7, 11) is -10.7. The van der Waals surface area contributed by atoms with Crippen LogP contribution in [0.4, 0.5) is 0 Å². The minimum atomic E-state index is -5.38. The summed E-state index contributed by atoms with van der Waals surface area (Å²) in [5, 5.41) is 50.0. The number of aliphatic hydroxyl groups is 5. The molecule has 1 fully saturated rings. The molecule has 17 nitrogen and oxygen atoms in total. The number of ether oxygens (including phenoxy) is 2. The van der Waals surface area contributed by atoms with E-state index in [1.807, 2.05) is 18.2 Å². The van der Waals surface area contributed by atoms with Gasteiger partial charge in [-0.25, -0.2) is 9.13 Å². The van der Waals surface area contributed by atoms with Crippen molar-refractivity contribution in [3.05, 3.63) is 72.9 Å². The number of phosphoric ester groups is 2. The predicted molar refractivity (Wildman–Crippen MR) is 242 cm³/mol. The van der Waals surface area contributed by atoms with E-state index in [1.54, 1.807) is 0 Å². The van der Waals surface area contributed by atoms with Crippen LogP contribution in [0.15, 0.2) is 72.9 Å². The van der Waals surface area contributed by atoms with E-state index in [4.69, 9.17) is 33.4 Å². The summed E-state index contributed by atoms with van der Waals surface area (Å²) in [6.45, 7) is 0.968. The number of allylic oxidation sites excluding steroid dienone is 12. The number of hydrogen-bond acceptors (Lipinski definition) is 14. The topological polar surface area (TPSA) is 276 Å². The number of aliphatic hydroxyl groups excluding tert-OH is 5. The molecule has 1 saturated carbocycles. The lowest BCUT2D eigenvalue weighted by Crippen LogP contribution is -2.64. The highest BCUT2D eigenvalue weighted by molar-refractivity contribution is 7.47. The van der Waals surface area contributed by atoms with E-state index < -0.39 is 83.5 Å². The van der Waals surface area contributed by atoms with Crippen LogP contribution in [0, 0.1) is 0 Å². The molecule has 0 radical (unpaired) electrons. The van der Waals surface area contributed by atoms with Gasteiger partial charge in [-0.2, -0.15) is 0 Å². The molecule has 368 valence electrons. The van der Waals surface area contributed by atoms with Crippen LogP contribution < -0.4 is 0 Å². The maximum Gasteiger partial charge on any atom is 0.472 e. The van der Waals surface area contributed by atoms with Crippen molar-refractivity contribution in [3.8, 4) is 0 Å². The van der Waals surface area contributed by atoms with Gasteiger partial charge in [0, 0.05) is 19.4 Å². The monoisotopic (exact) mass is 950 g/mol. The number of rotatable bonds is 37. The van der Waals surface area contributed by atoms with Gasteiger partial charge in [0.1, 0.15) is 43.2 Å². The summed E-state index contributed by atoms with van der Waals surface area (Å²) in [6, 6.07) is 0. The molecule has 1 aliphatic rings. The first-order valence-corrected chi connectivity index (χ1v) is 25.6. The summed E-state index contributed by atoms with van der Waals surface area (Å²) >= 11 is 0. The normalized spacial score (nSPS) is 22.5. The number of phosphoric acid groups is 2. The Bertz CT molecular complexity index is 1520. The van der Waals surface area contributed by atoms with Gasteiger partial charge < -0.3 is 49.7 Å². The van der Waals surface area contributed by atoms with E-state index in [-0.39, 0.29) is 19.4 Å². The largest absolute Gasteiger partial charge is 0.472 e. The predicted octanol–water partition coefficient (Wildman–Crippen LogP) is 7.03. The van der Waals surface area contributed by atoms with E-state index >= 15 is 0 Å². The Morgan fingerprint density at radius 1 is 0.531 bits per heavy atom. The molecule has 0 bridgehead atoms. The van der Waals surface area contributed by atoms with Gasteiger partial charge >= 0.3 is 27.6 Å². The molecule has 1 aliphatic carbocycles. The molecule has 0 aromatic carbocycles. The Morgan fingerprint density at radius 3 is 1.52 bits per heavy atom. The van der Waals surface area contributed by atoms with Crippen molar-refractivity contribution in [1.29, 1.82) is 0 Å². The van der Waals surface area contributed by atoms with E-state index in [9.17, 15) is 44.0 Å². The lowest BCUT2D eigenvalue weighted by molar-refractivity contribution is -0.216. The number of unbranched alkanes of at least 4 members (excludes halogenated alkanes) is 10. The van der Waals surface area contributed by atoms with Gasteiger partial charge in [0.05, 0.1) is 6.61 Å². The minimum absolute atomic E-state index is 0.0484. The van der Waals surface area contributed by atoms with Crippen molar-refractivity contribution < 1.29 is 82.0 Å². The Labute approximate surface area is 379 Å². The molecule has 0 heterocycles. The average molecular weight is 951 g/mol. The van der Waals surface area contributed by atoms with Crippen molar-refractivity contribution in [2.24, 2.45) is 0 Å². The fourth-order valence-corrected chi connectivity index (χ4v) is 7.81. The third kappa shape index (κ3) is 30.6. The second-order valence-electron chi connectivity index (χ2n) is 15.5. The summed E-state index contributed by atoms with van der Waals surface area (Å²) in [5.41, 5.74) is 0. The SMILES string of the molecule is CCC/C=C\C/C=C\CCCCCCCC(=O)OC[C@H](COP(=O)(O)O[C@H]1C(O)C(O)C(O)[C@@H](OP(=O)(O)O)C1O)OC(=O)CCC/C=C\C/C=C\C/C=C\C/C=C\CCCCCO. The first-order valence-electron chi connectivity index (χ1n) is 22.6. The zero-order valence-corrected chi connectivity index (χ0v) is 39.2. The lowest BCUT2D eigenvalue weighted by Gasteiger charge is -2.43. The van der Waals surface area contributed by atoms with Crippen LogP contribution in [-0.4, -0.2) is 115 Å². The van der Waals surface area contributed by atoms with E-state index in [1.165, 1.54) is 0 Å². The third-order valence-corrected chi connectivity index (χ3v) is 11.3. The molecule has 64 heavy (non-hydrogen) atoms. The van der Waals surface area contributed by atoms with E-state index in [0.29, 0.717) is 25.7 Å². The van der Waals surface area contributed by atoms with Crippen LogP contribution in [0.2, 0.25) is 0 Å². The van der Waals surface area contributed by atoms with Crippen LogP contribution in [0.3, 0.4) is 0 Å². The van der Waals surface area contributed by atoms with Crippen LogP contribution >= 0.6 is 15.6 Å². The molecule has 0 aromatic rings. The molecule has 1 rings (SSSR count). The van der Waals surface area contributed by atoms with E-state index in [0.717, 1.165) is 89.9 Å². The van der Waals surface area contributed by atoms with Gasteiger partial charge in [-0.05, 0) is 83.5 Å². The highest BCUT2D eigenvalue weighted by Gasteiger charge is 2.54. The Morgan fingerprint density at radius 2 is 0.984 bits per heavy atom. The molecule has 0 saturated heterocycles. The quantitative estimate of drug-likeness (QED) is 0.0134. The number of carbonyl (C=O) groups is 2. The highest BCUT2D eigenvalue weighted by Crippen LogP contribution is 2.49. The van der Waals surface area contributed by atoms with Crippen molar-refractivity contribution in [3.63, 3.8) is 0 Å². The minimum Gasteiger partial charge on any atom is -0.462 e. The van der Waals surface area contributed by atoms with Crippen LogP contribution in [0.25, 0.3) is 0 Å². The first-order chi connectivity index (χ1) is 30.6. The molecule has 0 spiro atoms. The van der Waals surface area contributed by atoms with Gasteiger partial charge in [-0.1, -0.05) is 112 Å². The summed E-state index contributed by atoms with van der Waals surface area (Å²) in [5.74, 6) is -1.31. The van der Waals surface area contributed by atoms with Crippen molar-refractivity contribution in [2.75, 3.05) is 19.8 Å². The molecular formula is C45H76O17P2. The van der Waals surface area contributed by atoms with Gasteiger partial charge in [0.2, 0.25) is 0 Å². The standard InChI is InChI=1S/C45H76O17P2/c1-2-3-4-5-6-7-8-14-17-20-23-26-29-32-38(47)58-35-37(36-59-64(56,57)62-45-42(51)40(49)41(50)44(43(45)52)61-63(53,54)55)60-39(48)33-30-27-24-21-18-15-12-10-9-11-13-16-19-22-25-28-31-34-46/h4-5,7-9,11-12,15-16,19,21,24,37,40-46,49-52H,2-3,6,10,13-14,17-18,20,22-23,25-36H2,1H3,(H,56,57)(H2,53,54,55)/b5-4-,8-7-,11-9-,15-12-,19-16-,24-21-/t37-,40?,41?,42?,43?,44-,45+/m1/s1. The van der Waals surface area contributed by atoms with Gasteiger partial charge in [0.25, 0.3) is 0 Å². The summed E-state index contributed by atoms with van der Waals surface area (Å²) in [6.07, 6.45) is 26.0. The zero-order valence-electron chi connectivity index (χ0n) is 37.4. The van der Waals surface area contributed by atoms with E-state index in [2.05, 4.69) is 66.1 Å². The van der Waals surface area contributed by atoms with Crippen molar-refractivity contribution >= 4 is 27.6 Å². The van der Waals surface area contributed by atoms with Crippen molar-refractivity contribution in [2.45, 2.75) is 178 Å². The molecule has 19 heteroatoms. The molecule has 0 amide bonds. The first kappa shape index (κ1) is 59.4. The maximum absolute atomic E-state index is 13.0. The third-order valence-electron chi connectivity index (χ3n) is 9.79. The number of hydrogen-bond donors (Lipinski definition) is 8. The maximum atomic E-state index is 13.0. The number of esters is 2. The molecule has 8 atom stereocenters. The fourth-order valence-electron chi connectivity index (χ4n) is 6.27. The van der Waals surface area contributed by atoms with Crippen LogP contribution in [0.1, 0.15) is 135 Å². The second kappa shape index (κ2) is 36.5. The molecule has 5 unspecified atom stereocenters. The second-order valence-corrected chi connectivity index (χ2v) is 18.1. The Hall–Kier alpha value is -2.60. The van der Waals surface area contributed by atoms with Gasteiger partial charge in [-0.3, -0.25) is 23.2 Å². The summed E-state index contributed by atoms with van der Waals surface area (Å²) in [4.78, 5) is 54.1. The van der Waals surface area contributed by atoms with Crippen LogP contribution in [-0.2, 0) is 41.8 Å². The zero-order chi connectivity index (χ0) is 47.5. The van der Waals surface area contributed by atoms with Crippen LogP contribution in [0.5, 0.6) is 0 Å².